The predicted octanol–water partition coefficient (Wildman–Crippen LogP) is 6.49. The van der Waals surface area contributed by atoms with E-state index in [1.807, 2.05) is 6.92 Å². The summed E-state index contributed by atoms with van der Waals surface area (Å²) < 4.78 is 63.5. The number of anilines is 1. The number of aliphatic hydroxyl groups excluding tert-OH is 1. The summed E-state index contributed by atoms with van der Waals surface area (Å²) in [6.07, 6.45) is 2.97. The van der Waals surface area contributed by atoms with Crippen LogP contribution in [0.4, 0.5) is 23.2 Å². The Hall–Kier alpha value is -4.76. The van der Waals surface area contributed by atoms with E-state index in [9.17, 15) is 27.5 Å². The summed E-state index contributed by atoms with van der Waals surface area (Å²) in [5.41, 5.74) is 1.15. The first-order valence-electron chi connectivity index (χ1n) is 14.6. The molecule has 0 aliphatic carbocycles. The fraction of sp³-hybridized carbons (Fsp3) is 0.323. The number of benzene rings is 1. The molecule has 0 amide bonds. The molecule has 1 aromatic carbocycles. The van der Waals surface area contributed by atoms with Crippen molar-refractivity contribution in [3.8, 4) is 33.8 Å². The predicted molar refractivity (Wildman–Crippen MR) is 165 cm³/mol. The molecule has 4 aromatic heterocycles. The van der Waals surface area contributed by atoms with Gasteiger partial charge in [-0.05, 0) is 43.2 Å². The van der Waals surface area contributed by atoms with Crippen molar-refractivity contribution in [1.82, 2.24) is 34.3 Å². The van der Waals surface area contributed by atoms with Gasteiger partial charge in [0.05, 0.1) is 54.5 Å². The van der Waals surface area contributed by atoms with Gasteiger partial charge >= 0.3 is 6.55 Å². The molecule has 11 nitrogen and oxygen atoms in total. The monoisotopic (exact) mass is 672 g/mol. The summed E-state index contributed by atoms with van der Waals surface area (Å²) in [5, 5.41) is 25.3. The third-order valence-corrected chi connectivity index (χ3v) is 8.42. The van der Waals surface area contributed by atoms with Crippen LogP contribution in [0.15, 0.2) is 66.0 Å². The van der Waals surface area contributed by atoms with E-state index in [1.165, 1.54) is 41.0 Å². The zero-order valence-corrected chi connectivity index (χ0v) is 25.8. The number of nitrogens with zero attached hydrogens (tertiary/aromatic N) is 7. The highest BCUT2D eigenvalue weighted by Crippen LogP contribution is 2.38. The maximum Gasteiger partial charge on any atom is 0.333 e. The molecule has 0 radical (unpaired) electrons. The maximum absolute atomic E-state index is 14.0. The lowest BCUT2D eigenvalue weighted by Crippen LogP contribution is -2.29. The van der Waals surface area contributed by atoms with Crippen molar-refractivity contribution >= 4 is 17.3 Å². The molecule has 0 saturated carbocycles. The molecule has 2 N–H and O–H groups in total. The number of methoxy groups -OCH3 is 1. The Labute approximate surface area is 270 Å². The van der Waals surface area contributed by atoms with E-state index in [1.54, 1.807) is 30.3 Å². The van der Waals surface area contributed by atoms with Crippen LogP contribution >= 0.6 is 11.6 Å². The number of alkyl halides is 4. The van der Waals surface area contributed by atoms with Crippen molar-refractivity contribution in [3.63, 3.8) is 0 Å². The summed E-state index contributed by atoms with van der Waals surface area (Å²) in [6, 6.07) is 8.55. The Morgan fingerprint density at radius 3 is 2.62 bits per heavy atom. The van der Waals surface area contributed by atoms with Crippen molar-refractivity contribution < 1.29 is 27.4 Å². The molecule has 1 aliphatic heterocycles. The van der Waals surface area contributed by atoms with Gasteiger partial charge < -0.3 is 19.7 Å². The van der Waals surface area contributed by atoms with Crippen LogP contribution < -0.4 is 15.6 Å². The van der Waals surface area contributed by atoms with E-state index >= 15 is 0 Å². The highest BCUT2D eigenvalue weighted by Gasteiger charge is 2.27. The first-order valence-corrected chi connectivity index (χ1v) is 15.0. The van der Waals surface area contributed by atoms with Crippen molar-refractivity contribution in [3.05, 3.63) is 87.9 Å². The standard InChI is InChI=1S/C31H29ClF4N8O3/c1-16-4-3-5-25(21-10-17(8-9-37-21)28-22(39-30(16)46)13-38-44(28)31(35)36)42-15-26(47-2)20(12-27(42)45)19-11-18(32)6-7-24(19)43-14-23(29(33)34)40-41-43/h6-16,25,29-31,39,46H,3-5H2,1-2H3/t16-,25-,30?/m1/s1. The van der Waals surface area contributed by atoms with E-state index in [4.69, 9.17) is 16.3 Å². The van der Waals surface area contributed by atoms with Crippen LogP contribution in [0.3, 0.4) is 0 Å². The van der Waals surface area contributed by atoms with E-state index in [2.05, 4.69) is 25.7 Å². The fourth-order valence-corrected chi connectivity index (χ4v) is 5.94. The fourth-order valence-electron chi connectivity index (χ4n) is 5.77. The Balaban J connectivity index is 1.49. The van der Waals surface area contributed by atoms with Gasteiger partial charge in [0, 0.05) is 39.9 Å². The van der Waals surface area contributed by atoms with Gasteiger partial charge in [0.15, 0.2) is 0 Å². The number of rotatable bonds is 6. The largest absolute Gasteiger partial charge is 0.495 e. The first-order chi connectivity index (χ1) is 22.5. The van der Waals surface area contributed by atoms with Crippen LogP contribution in [0.1, 0.15) is 56.6 Å². The van der Waals surface area contributed by atoms with E-state index in [0.29, 0.717) is 57.0 Å². The molecule has 5 heterocycles. The SMILES string of the molecule is COc1cn([C@@H]2CCC[C@@H](C)C(O)Nc3cnn(C(F)F)c3-c3ccnc2c3)c(=O)cc1-c1cc(Cl)ccc1-n1cc(C(F)F)nn1. The molecular weight excluding hydrogens is 644 g/mol. The Morgan fingerprint density at radius 2 is 1.89 bits per heavy atom. The van der Waals surface area contributed by atoms with Gasteiger partial charge in [-0.25, -0.2) is 18.1 Å². The second kappa shape index (κ2) is 13.2. The molecule has 1 unspecified atom stereocenters. The lowest BCUT2D eigenvalue weighted by Gasteiger charge is -2.26. The smallest absolute Gasteiger partial charge is 0.333 e. The minimum Gasteiger partial charge on any atom is -0.495 e. The number of hydrogen-bond donors (Lipinski definition) is 2. The highest BCUT2D eigenvalue weighted by molar-refractivity contribution is 6.31. The summed E-state index contributed by atoms with van der Waals surface area (Å²) in [7, 11) is 1.42. The molecule has 1 aliphatic rings. The molecule has 6 rings (SSSR count). The molecular formula is C31H29ClF4N8O3. The van der Waals surface area contributed by atoms with E-state index in [0.717, 1.165) is 6.20 Å². The third kappa shape index (κ3) is 6.32. The number of ether oxygens (including phenoxy) is 1. The molecule has 0 fully saturated rings. The molecule has 2 bridgehead atoms. The molecule has 0 spiro atoms. The summed E-state index contributed by atoms with van der Waals surface area (Å²) in [5.74, 6) is -0.0166. The second-order valence-corrected chi connectivity index (χ2v) is 11.6. The summed E-state index contributed by atoms with van der Waals surface area (Å²) >= 11 is 6.33. The number of fused-ring (bicyclic) bond motifs is 4. The number of pyridine rings is 2. The van der Waals surface area contributed by atoms with Crippen LogP contribution in [-0.2, 0) is 0 Å². The van der Waals surface area contributed by atoms with Crippen LogP contribution in [0, 0.1) is 5.92 Å². The number of halogens is 5. The van der Waals surface area contributed by atoms with E-state index in [-0.39, 0.29) is 23.0 Å². The molecule has 47 heavy (non-hydrogen) atoms. The normalized spacial score (nSPS) is 18.4. The zero-order valence-electron chi connectivity index (χ0n) is 25.1. The average Bonchev–Trinajstić information content (AvgIpc) is 3.71. The third-order valence-electron chi connectivity index (χ3n) is 8.19. The van der Waals surface area contributed by atoms with Gasteiger partial charge in [0.25, 0.3) is 12.0 Å². The maximum atomic E-state index is 14.0. The molecule has 5 aromatic rings. The minimum atomic E-state index is -2.95. The van der Waals surface area contributed by atoms with Crippen LogP contribution in [-0.4, -0.2) is 52.8 Å². The lowest BCUT2D eigenvalue weighted by molar-refractivity contribution is 0.0585. The number of nitrogens with one attached hydrogen (secondary N) is 1. The number of hydrogen-bond acceptors (Lipinski definition) is 8. The van der Waals surface area contributed by atoms with Crippen molar-refractivity contribution in [2.24, 2.45) is 5.92 Å². The Kier molecular flexibility index (Phi) is 9.01. The summed E-state index contributed by atoms with van der Waals surface area (Å²) in [4.78, 5) is 18.5. The van der Waals surface area contributed by atoms with Gasteiger partial charge in [0.2, 0.25) is 0 Å². The molecule has 0 saturated heterocycles. The minimum absolute atomic E-state index is 0.0612. The molecule has 16 heteroatoms. The van der Waals surface area contributed by atoms with Crippen LogP contribution in [0.25, 0.3) is 28.1 Å². The van der Waals surface area contributed by atoms with Gasteiger partial charge in [-0.15, -0.1) is 5.10 Å². The van der Waals surface area contributed by atoms with Crippen LogP contribution in [0.2, 0.25) is 5.02 Å². The molecule has 3 atom stereocenters. The van der Waals surface area contributed by atoms with Crippen LogP contribution in [0.5, 0.6) is 5.75 Å². The van der Waals surface area contributed by atoms with Gasteiger partial charge in [0.1, 0.15) is 17.7 Å². The summed E-state index contributed by atoms with van der Waals surface area (Å²) in [6.45, 7) is -1.12. The lowest BCUT2D eigenvalue weighted by atomic mass is 9.96. The van der Waals surface area contributed by atoms with Crippen molar-refractivity contribution in [1.29, 1.82) is 0 Å². The second-order valence-electron chi connectivity index (χ2n) is 11.2. The van der Waals surface area contributed by atoms with Crippen molar-refractivity contribution in [2.75, 3.05) is 12.4 Å². The highest BCUT2D eigenvalue weighted by atomic mass is 35.5. The van der Waals surface area contributed by atoms with Gasteiger partial charge in [-0.2, -0.15) is 13.9 Å². The first kappa shape index (κ1) is 32.2. The average molecular weight is 673 g/mol. The quantitative estimate of drug-likeness (QED) is 0.196. The Morgan fingerprint density at radius 1 is 1.09 bits per heavy atom. The zero-order chi connectivity index (χ0) is 33.4. The van der Waals surface area contributed by atoms with E-state index < -0.39 is 36.5 Å². The Bertz CT molecular complexity index is 1960. The molecule has 246 valence electrons. The van der Waals surface area contributed by atoms with Crippen molar-refractivity contribution in [2.45, 2.75) is 51.4 Å². The number of aromatic nitrogens is 7. The van der Waals surface area contributed by atoms with Gasteiger partial charge in [-0.3, -0.25) is 9.78 Å². The van der Waals surface area contributed by atoms with Gasteiger partial charge in [-0.1, -0.05) is 30.2 Å². The topological polar surface area (TPSA) is 125 Å². The number of aliphatic hydroxyl groups is 1.